The Morgan fingerprint density at radius 2 is 1.85 bits per heavy atom. The SMILES string of the molecule is CC(=O)Nc1ccc(Cl)c(NC(=O)Cc2ccc(-c3csc(C)n3)cc2)c1. The maximum atomic E-state index is 12.4. The minimum absolute atomic E-state index is 0.186. The van der Waals surface area contributed by atoms with Crippen LogP contribution >= 0.6 is 22.9 Å². The predicted molar refractivity (Wildman–Crippen MR) is 110 cm³/mol. The molecule has 0 radical (unpaired) electrons. The smallest absolute Gasteiger partial charge is 0.228 e. The van der Waals surface area contributed by atoms with E-state index >= 15 is 0 Å². The number of amides is 2. The Bertz CT molecular complexity index is 983. The van der Waals surface area contributed by atoms with Crippen molar-refractivity contribution >= 4 is 46.1 Å². The van der Waals surface area contributed by atoms with Crippen LogP contribution in [0.4, 0.5) is 11.4 Å². The van der Waals surface area contributed by atoms with E-state index in [0.29, 0.717) is 16.4 Å². The minimum atomic E-state index is -0.190. The van der Waals surface area contributed by atoms with Crippen LogP contribution in [0.1, 0.15) is 17.5 Å². The molecule has 3 rings (SSSR count). The molecule has 0 saturated carbocycles. The number of nitrogens with one attached hydrogen (secondary N) is 2. The van der Waals surface area contributed by atoms with Gasteiger partial charge < -0.3 is 10.6 Å². The number of rotatable bonds is 5. The Labute approximate surface area is 166 Å². The average molecular weight is 400 g/mol. The highest BCUT2D eigenvalue weighted by Gasteiger charge is 2.09. The van der Waals surface area contributed by atoms with Crippen LogP contribution in [-0.2, 0) is 16.0 Å². The number of carbonyl (C=O) groups is 2. The summed E-state index contributed by atoms with van der Waals surface area (Å²) < 4.78 is 0. The molecule has 0 spiro atoms. The normalized spacial score (nSPS) is 10.5. The molecule has 3 aromatic rings. The van der Waals surface area contributed by atoms with Crippen LogP contribution < -0.4 is 10.6 Å². The van der Waals surface area contributed by atoms with E-state index < -0.39 is 0 Å². The number of anilines is 2. The zero-order chi connectivity index (χ0) is 19.4. The lowest BCUT2D eigenvalue weighted by molar-refractivity contribution is -0.115. The van der Waals surface area contributed by atoms with Crippen molar-refractivity contribution in [2.45, 2.75) is 20.3 Å². The molecule has 0 saturated heterocycles. The second kappa shape index (κ2) is 8.33. The van der Waals surface area contributed by atoms with Crippen molar-refractivity contribution in [2.24, 2.45) is 0 Å². The van der Waals surface area contributed by atoms with E-state index in [0.717, 1.165) is 21.8 Å². The molecule has 0 bridgehead atoms. The fourth-order valence-electron chi connectivity index (χ4n) is 2.57. The second-order valence-corrected chi connectivity index (χ2v) is 7.52. The molecule has 2 N–H and O–H groups in total. The first-order valence-electron chi connectivity index (χ1n) is 8.29. The summed E-state index contributed by atoms with van der Waals surface area (Å²) in [5.41, 5.74) is 3.88. The van der Waals surface area contributed by atoms with Crippen molar-refractivity contribution in [3.63, 3.8) is 0 Å². The molecule has 0 aliphatic carbocycles. The Morgan fingerprint density at radius 1 is 1.11 bits per heavy atom. The first-order chi connectivity index (χ1) is 12.9. The van der Waals surface area contributed by atoms with Crippen molar-refractivity contribution in [2.75, 3.05) is 10.6 Å². The van der Waals surface area contributed by atoms with Gasteiger partial charge in [-0.1, -0.05) is 35.9 Å². The molecular formula is C20H18ClN3O2S. The van der Waals surface area contributed by atoms with E-state index in [2.05, 4.69) is 15.6 Å². The van der Waals surface area contributed by atoms with Gasteiger partial charge in [0.1, 0.15) is 0 Å². The summed E-state index contributed by atoms with van der Waals surface area (Å²) in [4.78, 5) is 28.0. The van der Waals surface area contributed by atoms with Gasteiger partial charge in [0.25, 0.3) is 0 Å². The predicted octanol–water partition coefficient (Wildman–Crippen LogP) is 4.91. The fraction of sp³-hybridized carbons (Fsp3) is 0.150. The summed E-state index contributed by atoms with van der Waals surface area (Å²) in [5, 5.41) is 8.90. The van der Waals surface area contributed by atoms with Crippen LogP contribution in [0.5, 0.6) is 0 Å². The van der Waals surface area contributed by atoms with Crippen molar-refractivity contribution in [3.05, 3.63) is 63.4 Å². The van der Waals surface area contributed by atoms with Gasteiger partial charge in [-0.2, -0.15) is 0 Å². The van der Waals surface area contributed by atoms with Crippen LogP contribution in [-0.4, -0.2) is 16.8 Å². The number of benzene rings is 2. The van der Waals surface area contributed by atoms with Crippen LogP contribution in [0, 0.1) is 6.92 Å². The fourth-order valence-corrected chi connectivity index (χ4v) is 3.36. The first-order valence-corrected chi connectivity index (χ1v) is 9.55. The number of nitrogens with zero attached hydrogens (tertiary/aromatic N) is 1. The third kappa shape index (κ3) is 5.15. The van der Waals surface area contributed by atoms with Gasteiger partial charge in [0.15, 0.2) is 0 Å². The van der Waals surface area contributed by atoms with Gasteiger partial charge in [-0.05, 0) is 30.7 Å². The molecule has 2 amide bonds. The number of aromatic nitrogens is 1. The van der Waals surface area contributed by atoms with Gasteiger partial charge in [0.05, 0.1) is 27.8 Å². The van der Waals surface area contributed by atoms with Crippen molar-refractivity contribution in [1.29, 1.82) is 0 Å². The lowest BCUT2D eigenvalue weighted by Gasteiger charge is -2.10. The summed E-state index contributed by atoms with van der Waals surface area (Å²) in [5.74, 6) is -0.376. The highest BCUT2D eigenvalue weighted by Crippen LogP contribution is 2.26. The van der Waals surface area contributed by atoms with Crippen molar-refractivity contribution in [3.8, 4) is 11.3 Å². The number of hydrogen-bond acceptors (Lipinski definition) is 4. The Kier molecular flexibility index (Phi) is 5.88. The number of carbonyl (C=O) groups excluding carboxylic acids is 2. The van der Waals surface area contributed by atoms with Gasteiger partial charge in [0.2, 0.25) is 11.8 Å². The van der Waals surface area contributed by atoms with Crippen LogP contribution in [0.25, 0.3) is 11.3 Å². The maximum Gasteiger partial charge on any atom is 0.228 e. The molecule has 5 nitrogen and oxygen atoms in total. The average Bonchev–Trinajstić information content (AvgIpc) is 3.04. The molecule has 1 heterocycles. The molecule has 0 aliphatic rings. The highest BCUT2D eigenvalue weighted by molar-refractivity contribution is 7.09. The van der Waals surface area contributed by atoms with E-state index in [9.17, 15) is 9.59 Å². The van der Waals surface area contributed by atoms with Gasteiger partial charge in [-0.25, -0.2) is 4.98 Å². The summed E-state index contributed by atoms with van der Waals surface area (Å²) in [6, 6.07) is 12.7. The minimum Gasteiger partial charge on any atom is -0.326 e. The first kappa shape index (κ1) is 19.1. The molecule has 7 heteroatoms. The van der Waals surface area contributed by atoms with Gasteiger partial charge in [-0.15, -0.1) is 11.3 Å². The highest BCUT2D eigenvalue weighted by atomic mass is 35.5. The maximum absolute atomic E-state index is 12.4. The second-order valence-electron chi connectivity index (χ2n) is 6.05. The molecule has 0 unspecified atom stereocenters. The summed E-state index contributed by atoms with van der Waals surface area (Å²) in [6.45, 7) is 3.39. The molecular weight excluding hydrogens is 382 g/mol. The molecule has 138 valence electrons. The topological polar surface area (TPSA) is 71.1 Å². The molecule has 27 heavy (non-hydrogen) atoms. The third-order valence-corrected chi connectivity index (χ3v) is 4.90. The Morgan fingerprint density at radius 3 is 2.48 bits per heavy atom. The van der Waals surface area contributed by atoms with Gasteiger partial charge >= 0.3 is 0 Å². The monoisotopic (exact) mass is 399 g/mol. The van der Waals surface area contributed by atoms with Crippen LogP contribution in [0.2, 0.25) is 5.02 Å². The van der Waals surface area contributed by atoms with Crippen LogP contribution in [0.3, 0.4) is 0 Å². The Balaban J connectivity index is 1.66. The summed E-state index contributed by atoms with van der Waals surface area (Å²) in [6.07, 6.45) is 0.219. The third-order valence-electron chi connectivity index (χ3n) is 3.79. The van der Waals surface area contributed by atoms with Gasteiger partial charge in [-0.3, -0.25) is 9.59 Å². The van der Waals surface area contributed by atoms with Crippen molar-refractivity contribution < 1.29 is 9.59 Å². The summed E-state index contributed by atoms with van der Waals surface area (Å²) in [7, 11) is 0. The number of hydrogen-bond donors (Lipinski definition) is 2. The standard InChI is InChI=1S/C20H18ClN3O2S/c1-12(25)22-16-7-8-17(21)18(10-16)24-20(26)9-14-3-5-15(6-4-14)19-11-27-13(2)23-19/h3-8,10-11H,9H2,1-2H3,(H,22,25)(H,24,26). The lowest BCUT2D eigenvalue weighted by atomic mass is 10.1. The van der Waals surface area contributed by atoms with Gasteiger partial charge in [0, 0.05) is 23.6 Å². The van der Waals surface area contributed by atoms with Crippen molar-refractivity contribution in [1.82, 2.24) is 4.98 Å². The van der Waals surface area contributed by atoms with E-state index in [-0.39, 0.29) is 18.2 Å². The number of thiazole rings is 1. The van der Waals surface area contributed by atoms with E-state index in [1.54, 1.807) is 29.5 Å². The zero-order valence-corrected chi connectivity index (χ0v) is 16.4. The number of halogens is 1. The molecule has 0 atom stereocenters. The number of aryl methyl sites for hydroxylation is 1. The lowest BCUT2D eigenvalue weighted by Crippen LogP contribution is -2.15. The van der Waals surface area contributed by atoms with Crippen LogP contribution in [0.15, 0.2) is 47.8 Å². The zero-order valence-electron chi connectivity index (χ0n) is 14.9. The molecule has 2 aromatic carbocycles. The quantitative estimate of drug-likeness (QED) is 0.640. The molecule has 0 fully saturated rings. The van der Waals surface area contributed by atoms with E-state index in [4.69, 9.17) is 11.6 Å². The molecule has 0 aliphatic heterocycles. The summed E-state index contributed by atoms with van der Waals surface area (Å²) >= 11 is 7.74. The Hall–Kier alpha value is -2.70. The van der Waals surface area contributed by atoms with E-state index in [1.165, 1.54) is 6.92 Å². The largest absolute Gasteiger partial charge is 0.326 e. The molecule has 1 aromatic heterocycles. The van der Waals surface area contributed by atoms with E-state index in [1.807, 2.05) is 36.6 Å².